The quantitative estimate of drug-likeness (QED) is 0.476. The van der Waals surface area contributed by atoms with Crippen LogP contribution in [0.1, 0.15) is 19.4 Å². The molecule has 4 rings (SSSR count). The normalized spacial score (nSPS) is 9.60. The van der Waals surface area contributed by atoms with E-state index in [0.29, 0.717) is 0 Å². The van der Waals surface area contributed by atoms with Gasteiger partial charge in [0.25, 0.3) is 0 Å². The van der Waals surface area contributed by atoms with Gasteiger partial charge in [-0.15, -0.1) is 0 Å². The summed E-state index contributed by atoms with van der Waals surface area (Å²) in [7, 11) is 1.91. The van der Waals surface area contributed by atoms with Crippen LogP contribution < -0.4 is 5.32 Å². The molecule has 0 saturated heterocycles. The second kappa shape index (κ2) is 9.38. The lowest BCUT2D eigenvalue weighted by molar-refractivity contribution is 1.36. The molecule has 0 unspecified atom stereocenters. The minimum Gasteiger partial charge on any atom is -0.388 e. The molecular weight excluding hydrogens is 306 g/mol. The third-order valence-corrected chi connectivity index (χ3v) is 3.69. The Balaban J connectivity index is 0.000000165. The Morgan fingerprint density at radius 2 is 1.64 bits per heavy atom. The van der Waals surface area contributed by atoms with E-state index in [4.69, 9.17) is 0 Å². The summed E-state index contributed by atoms with van der Waals surface area (Å²) in [4.78, 5) is 8.27. The molecule has 0 spiro atoms. The summed E-state index contributed by atoms with van der Waals surface area (Å²) in [6.45, 7) is 6.10. The average molecular weight is 331 g/mol. The fraction of sp³-hybridized carbons (Fsp3) is 0.182. The van der Waals surface area contributed by atoms with Crippen molar-refractivity contribution in [3.05, 3.63) is 78.8 Å². The van der Waals surface area contributed by atoms with Crippen LogP contribution in [0.3, 0.4) is 0 Å². The summed E-state index contributed by atoms with van der Waals surface area (Å²) in [5.74, 6) is 0. The van der Waals surface area contributed by atoms with Gasteiger partial charge in [-0.05, 0) is 42.6 Å². The minimum atomic E-state index is 1.04. The summed E-state index contributed by atoms with van der Waals surface area (Å²) in [5.41, 5.74) is 3.45. The van der Waals surface area contributed by atoms with Crippen LogP contribution in [-0.2, 0) is 0 Å². The van der Waals surface area contributed by atoms with Gasteiger partial charge in [-0.25, -0.2) is 0 Å². The molecule has 25 heavy (non-hydrogen) atoms. The van der Waals surface area contributed by atoms with Gasteiger partial charge < -0.3 is 5.32 Å². The molecular formula is C22H25N3. The number of hydrogen-bond acceptors (Lipinski definition) is 3. The van der Waals surface area contributed by atoms with Crippen molar-refractivity contribution in [2.75, 3.05) is 12.4 Å². The van der Waals surface area contributed by atoms with Crippen molar-refractivity contribution < 1.29 is 0 Å². The van der Waals surface area contributed by atoms with Gasteiger partial charge in [0, 0.05) is 42.1 Å². The Morgan fingerprint density at radius 1 is 0.800 bits per heavy atom. The van der Waals surface area contributed by atoms with Crippen molar-refractivity contribution in [1.29, 1.82) is 0 Å². The standard InChI is InChI=1S/C10H10N2.C10H9N.C2H6/c1-11-9-4-5-10-8(7-9)3-2-6-12-10;1-8-2-3-10-7-11-5-4-9(10)6-8;1-2/h2-7,11H,1H3;2-7H,1H3;1-2H3. The van der Waals surface area contributed by atoms with E-state index < -0.39 is 0 Å². The van der Waals surface area contributed by atoms with Crippen molar-refractivity contribution in [2.24, 2.45) is 0 Å². The fourth-order valence-electron chi connectivity index (χ4n) is 2.43. The van der Waals surface area contributed by atoms with Crippen LogP contribution in [0, 0.1) is 6.92 Å². The molecule has 0 aliphatic carbocycles. The third-order valence-electron chi connectivity index (χ3n) is 3.69. The number of hydrogen-bond donors (Lipinski definition) is 1. The molecule has 0 amide bonds. The van der Waals surface area contributed by atoms with Gasteiger partial charge in [0.15, 0.2) is 0 Å². The van der Waals surface area contributed by atoms with Gasteiger partial charge in [0.1, 0.15) is 0 Å². The van der Waals surface area contributed by atoms with E-state index in [1.807, 2.05) is 57.6 Å². The maximum Gasteiger partial charge on any atom is 0.0703 e. The highest BCUT2D eigenvalue weighted by Crippen LogP contribution is 2.16. The predicted octanol–water partition coefficient (Wildman–Crippen LogP) is 5.85. The molecule has 128 valence electrons. The summed E-state index contributed by atoms with van der Waals surface area (Å²) >= 11 is 0. The summed E-state index contributed by atoms with van der Waals surface area (Å²) < 4.78 is 0. The Bertz CT molecular complexity index is 932. The van der Waals surface area contributed by atoms with E-state index in [0.717, 1.165) is 11.2 Å². The van der Waals surface area contributed by atoms with Crippen molar-refractivity contribution in [3.8, 4) is 0 Å². The summed E-state index contributed by atoms with van der Waals surface area (Å²) in [6.07, 6.45) is 5.51. The number of nitrogens with zero attached hydrogens (tertiary/aromatic N) is 2. The van der Waals surface area contributed by atoms with E-state index in [1.165, 1.54) is 21.7 Å². The van der Waals surface area contributed by atoms with Gasteiger partial charge in [0.2, 0.25) is 0 Å². The van der Waals surface area contributed by atoms with Gasteiger partial charge in [-0.3, -0.25) is 9.97 Å². The van der Waals surface area contributed by atoms with Crippen LogP contribution >= 0.6 is 0 Å². The van der Waals surface area contributed by atoms with Gasteiger partial charge >= 0.3 is 0 Å². The van der Waals surface area contributed by atoms with Crippen molar-refractivity contribution >= 4 is 27.4 Å². The number of pyridine rings is 2. The molecule has 0 bridgehead atoms. The maximum atomic E-state index is 4.23. The molecule has 4 aromatic rings. The van der Waals surface area contributed by atoms with Crippen molar-refractivity contribution in [2.45, 2.75) is 20.8 Å². The first kappa shape index (κ1) is 18.4. The SMILES string of the molecule is CC.CNc1ccc2ncccc2c1.Cc1ccc2cnccc2c1. The van der Waals surface area contributed by atoms with Gasteiger partial charge in [0.05, 0.1) is 5.52 Å². The molecule has 0 saturated carbocycles. The number of benzene rings is 2. The highest BCUT2D eigenvalue weighted by Gasteiger charge is 1.93. The number of rotatable bonds is 1. The summed E-state index contributed by atoms with van der Waals surface area (Å²) in [5, 5.41) is 6.73. The van der Waals surface area contributed by atoms with E-state index in [9.17, 15) is 0 Å². The van der Waals surface area contributed by atoms with Gasteiger partial charge in [-0.1, -0.05) is 43.7 Å². The monoisotopic (exact) mass is 331 g/mol. The van der Waals surface area contributed by atoms with Crippen LogP contribution in [0.25, 0.3) is 21.7 Å². The first-order chi connectivity index (χ1) is 12.3. The first-order valence-corrected chi connectivity index (χ1v) is 8.59. The van der Waals surface area contributed by atoms with Crippen LogP contribution in [0.4, 0.5) is 5.69 Å². The molecule has 0 radical (unpaired) electrons. The van der Waals surface area contributed by atoms with E-state index in [-0.39, 0.29) is 0 Å². The van der Waals surface area contributed by atoms with Crippen LogP contribution in [-0.4, -0.2) is 17.0 Å². The topological polar surface area (TPSA) is 37.8 Å². The zero-order chi connectivity index (χ0) is 18.1. The van der Waals surface area contributed by atoms with E-state index >= 15 is 0 Å². The van der Waals surface area contributed by atoms with Crippen molar-refractivity contribution in [3.63, 3.8) is 0 Å². The minimum absolute atomic E-state index is 1.04. The number of aryl methyl sites for hydroxylation is 1. The Morgan fingerprint density at radius 3 is 2.44 bits per heavy atom. The highest BCUT2D eigenvalue weighted by molar-refractivity contribution is 5.82. The second-order valence-electron chi connectivity index (χ2n) is 5.39. The molecule has 1 N–H and O–H groups in total. The predicted molar refractivity (Wildman–Crippen MR) is 109 cm³/mol. The Labute approximate surface area is 149 Å². The number of nitrogens with one attached hydrogen (secondary N) is 1. The number of aromatic nitrogens is 2. The Kier molecular flexibility index (Phi) is 6.90. The third kappa shape index (κ3) is 5.01. The van der Waals surface area contributed by atoms with E-state index in [1.54, 1.807) is 6.20 Å². The van der Waals surface area contributed by atoms with Crippen molar-refractivity contribution in [1.82, 2.24) is 9.97 Å². The zero-order valence-corrected chi connectivity index (χ0v) is 15.3. The van der Waals surface area contributed by atoms with Crippen LogP contribution in [0.15, 0.2) is 73.2 Å². The lowest BCUT2D eigenvalue weighted by Crippen LogP contribution is -1.87. The summed E-state index contributed by atoms with van der Waals surface area (Å²) in [6, 6.07) is 18.5. The molecule has 2 aromatic heterocycles. The van der Waals surface area contributed by atoms with Crippen LogP contribution in [0.2, 0.25) is 0 Å². The molecule has 2 heterocycles. The molecule has 0 aliphatic heterocycles. The van der Waals surface area contributed by atoms with Gasteiger partial charge in [-0.2, -0.15) is 0 Å². The molecule has 0 atom stereocenters. The average Bonchev–Trinajstić information content (AvgIpc) is 2.69. The molecule has 0 aliphatic rings. The second-order valence-corrected chi connectivity index (χ2v) is 5.39. The molecule has 2 aromatic carbocycles. The van der Waals surface area contributed by atoms with Crippen LogP contribution in [0.5, 0.6) is 0 Å². The Hall–Kier alpha value is -2.94. The zero-order valence-electron chi connectivity index (χ0n) is 15.3. The smallest absolute Gasteiger partial charge is 0.0703 e. The number of anilines is 1. The fourth-order valence-corrected chi connectivity index (χ4v) is 2.43. The first-order valence-electron chi connectivity index (χ1n) is 8.59. The highest BCUT2D eigenvalue weighted by atomic mass is 14.8. The largest absolute Gasteiger partial charge is 0.388 e. The number of fused-ring (bicyclic) bond motifs is 2. The molecule has 3 heteroatoms. The van der Waals surface area contributed by atoms with E-state index in [2.05, 4.69) is 52.5 Å². The maximum absolute atomic E-state index is 4.23. The molecule has 3 nitrogen and oxygen atoms in total. The molecule has 0 fully saturated rings. The lowest BCUT2D eigenvalue weighted by atomic mass is 10.1. The lowest BCUT2D eigenvalue weighted by Gasteiger charge is -2.00.